The van der Waals surface area contributed by atoms with Crippen molar-refractivity contribution in [2.45, 2.75) is 20.4 Å². The van der Waals surface area contributed by atoms with Gasteiger partial charge in [0.05, 0.1) is 5.52 Å². The number of hydrogen-bond acceptors (Lipinski definition) is 6. The summed E-state index contributed by atoms with van der Waals surface area (Å²) in [6.07, 6.45) is 0. The van der Waals surface area contributed by atoms with Gasteiger partial charge in [0.25, 0.3) is 11.5 Å². The van der Waals surface area contributed by atoms with Crippen LogP contribution in [0.25, 0.3) is 11.0 Å². The van der Waals surface area contributed by atoms with Crippen LogP contribution >= 0.6 is 11.5 Å². The van der Waals surface area contributed by atoms with Crippen molar-refractivity contribution >= 4 is 34.2 Å². The lowest BCUT2D eigenvalue weighted by Gasteiger charge is -2.36. The summed E-state index contributed by atoms with van der Waals surface area (Å²) in [5.74, 6) is -0.194. The fourth-order valence-electron chi connectivity index (χ4n) is 3.45. The lowest BCUT2D eigenvalue weighted by molar-refractivity contribution is 0.0753. The molecule has 1 aliphatic heterocycles. The first-order chi connectivity index (χ1) is 13.5. The molecule has 0 unspecified atom stereocenters. The van der Waals surface area contributed by atoms with Crippen molar-refractivity contribution in [1.29, 1.82) is 0 Å². The second kappa shape index (κ2) is 7.23. The molecular weight excluding hydrogens is 378 g/mol. The zero-order valence-electron chi connectivity index (χ0n) is 15.8. The molecule has 146 valence electrons. The Morgan fingerprint density at radius 3 is 2.46 bits per heavy atom. The van der Waals surface area contributed by atoms with Crippen LogP contribution in [0.2, 0.25) is 0 Å². The molecule has 0 aliphatic carbocycles. The number of hydrogen-bond donors (Lipinski definition) is 1. The number of rotatable bonds is 3. The number of aromatic amines is 1. The van der Waals surface area contributed by atoms with Crippen LogP contribution in [0.3, 0.4) is 0 Å². The minimum atomic E-state index is -0.515. The van der Waals surface area contributed by atoms with Gasteiger partial charge in [-0.15, -0.1) is 0 Å². The van der Waals surface area contributed by atoms with Crippen LogP contribution in [0.1, 0.15) is 22.2 Å². The number of carbonyl (C=O) groups is 1. The summed E-state index contributed by atoms with van der Waals surface area (Å²) in [4.78, 5) is 44.4. The molecule has 0 saturated carbocycles. The van der Waals surface area contributed by atoms with E-state index in [2.05, 4.69) is 45.4 Å². The normalized spacial score (nSPS) is 14.6. The molecule has 0 radical (unpaired) electrons. The van der Waals surface area contributed by atoms with Crippen LogP contribution in [-0.2, 0) is 6.54 Å². The summed E-state index contributed by atoms with van der Waals surface area (Å²) in [6.45, 7) is 6.62. The molecule has 3 aromatic rings. The molecule has 4 rings (SSSR count). The Balaban J connectivity index is 1.55. The summed E-state index contributed by atoms with van der Waals surface area (Å²) >= 11 is 0.967. The molecule has 1 saturated heterocycles. The SMILES string of the molecule is CCn1c(=O)[nH]c2c(C(=O)N3CCN(c4ccc(C)cc4)CC3)snc2c1=O. The number of anilines is 1. The average Bonchev–Trinajstić information content (AvgIpc) is 3.12. The number of piperazine rings is 1. The quantitative estimate of drug-likeness (QED) is 0.720. The molecule has 2 aromatic heterocycles. The van der Waals surface area contributed by atoms with Gasteiger partial charge in [-0.2, -0.15) is 4.37 Å². The summed E-state index contributed by atoms with van der Waals surface area (Å²) in [6, 6.07) is 8.34. The molecule has 0 bridgehead atoms. The van der Waals surface area contributed by atoms with Gasteiger partial charge in [-0.25, -0.2) is 4.79 Å². The van der Waals surface area contributed by atoms with Gasteiger partial charge in [-0.05, 0) is 37.5 Å². The standard InChI is InChI=1S/C19H21N5O3S/c1-3-24-17(25)15-14(20-19(24)27)16(28-21-15)18(26)23-10-8-22(9-11-23)13-6-4-12(2)5-7-13/h4-7H,3,8-11H2,1-2H3,(H,20,27). The summed E-state index contributed by atoms with van der Waals surface area (Å²) in [7, 11) is 0. The van der Waals surface area contributed by atoms with Crippen molar-refractivity contribution in [2.24, 2.45) is 0 Å². The molecule has 28 heavy (non-hydrogen) atoms. The van der Waals surface area contributed by atoms with Gasteiger partial charge in [-0.1, -0.05) is 17.7 Å². The highest BCUT2D eigenvalue weighted by Crippen LogP contribution is 2.22. The lowest BCUT2D eigenvalue weighted by Crippen LogP contribution is -2.48. The van der Waals surface area contributed by atoms with Crippen LogP contribution in [0.15, 0.2) is 33.9 Å². The minimum absolute atomic E-state index is 0.146. The van der Waals surface area contributed by atoms with Gasteiger partial charge in [0.15, 0.2) is 5.52 Å². The van der Waals surface area contributed by atoms with E-state index < -0.39 is 11.2 Å². The molecule has 1 N–H and O–H groups in total. The number of aromatic nitrogens is 3. The van der Waals surface area contributed by atoms with Crippen molar-refractivity contribution < 1.29 is 4.79 Å². The fraction of sp³-hybridized carbons (Fsp3) is 0.368. The maximum atomic E-state index is 13.0. The number of nitrogens with one attached hydrogen (secondary N) is 1. The zero-order chi connectivity index (χ0) is 19.8. The van der Waals surface area contributed by atoms with Crippen molar-refractivity contribution in [3.63, 3.8) is 0 Å². The summed E-state index contributed by atoms with van der Waals surface area (Å²) in [5.41, 5.74) is 1.78. The van der Waals surface area contributed by atoms with Gasteiger partial charge >= 0.3 is 5.69 Å². The molecule has 1 amide bonds. The van der Waals surface area contributed by atoms with Gasteiger partial charge in [0.2, 0.25) is 0 Å². The van der Waals surface area contributed by atoms with E-state index >= 15 is 0 Å². The Labute approximate surface area is 165 Å². The van der Waals surface area contributed by atoms with Crippen molar-refractivity contribution in [3.8, 4) is 0 Å². The summed E-state index contributed by atoms with van der Waals surface area (Å²) in [5, 5.41) is 0. The minimum Gasteiger partial charge on any atom is -0.368 e. The van der Waals surface area contributed by atoms with Crippen LogP contribution in [-0.4, -0.2) is 50.9 Å². The van der Waals surface area contributed by atoms with E-state index in [0.717, 1.165) is 34.9 Å². The highest BCUT2D eigenvalue weighted by Gasteiger charge is 2.26. The van der Waals surface area contributed by atoms with E-state index in [0.29, 0.717) is 18.0 Å². The topological polar surface area (TPSA) is 91.3 Å². The number of fused-ring (bicyclic) bond motifs is 1. The Morgan fingerprint density at radius 1 is 1.14 bits per heavy atom. The lowest BCUT2D eigenvalue weighted by atomic mass is 10.2. The Bertz CT molecular complexity index is 1140. The molecular formula is C19H21N5O3S. The van der Waals surface area contributed by atoms with E-state index in [1.54, 1.807) is 11.8 Å². The van der Waals surface area contributed by atoms with Crippen molar-refractivity contribution in [3.05, 3.63) is 55.5 Å². The fourth-order valence-corrected chi connectivity index (χ4v) is 4.24. The third-order valence-electron chi connectivity index (χ3n) is 5.09. The van der Waals surface area contributed by atoms with Gasteiger partial charge < -0.3 is 14.8 Å². The number of aryl methyl sites for hydroxylation is 1. The Morgan fingerprint density at radius 2 is 1.82 bits per heavy atom. The van der Waals surface area contributed by atoms with Crippen LogP contribution in [0.5, 0.6) is 0 Å². The van der Waals surface area contributed by atoms with Crippen molar-refractivity contribution in [1.82, 2.24) is 18.8 Å². The van der Waals surface area contributed by atoms with E-state index in [4.69, 9.17) is 0 Å². The third-order valence-corrected chi connectivity index (χ3v) is 5.93. The average molecular weight is 399 g/mol. The molecule has 1 fully saturated rings. The van der Waals surface area contributed by atoms with E-state index in [1.807, 2.05) is 0 Å². The van der Waals surface area contributed by atoms with Gasteiger partial charge in [0, 0.05) is 38.4 Å². The maximum absolute atomic E-state index is 13.0. The summed E-state index contributed by atoms with van der Waals surface area (Å²) < 4.78 is 5.21. The molecule has 1 aliphatic rings. The smallest absolute Gasteiger partial charge is 0.328 e. The van der Waals surface area contributed by atoms with Crippen molar-refractivity contribution in [2.75, 3.05) is 31.1 Å². The van der Waals surface area contributed by atoms with E-state index in [9.17, 15) is 14.4 Å². The number of nitrogens with zero attached hydrogens (tertiary/aromatic N) is 4. The second-order valence-electron chi connectivity index (χ2n) is 6.83. The second-order valence-corrected chi connectivity index (χ2v) is 7.60. The highest BCUT2D eigenvalue weighted by molar-refractivity contribution is 7.09. The molecule has 9 heteroatoms. The Kier molecular flexibility index (Phi) is 4.76. The molecule has 0 spiro atoms. The number of benzene rings is 1. The van der Waals surface area contributed by atoms with Gasteiger partial charge in [0.1, 0.15) is 4.88 Å². The predicted octanol–water partition coefficient (Wildman–Crippen LogP) is 1.44. The van der Waals surface area contributed by atoms with E-state index in [1.165, 1.54) is 5.56 Å². The van der Waals surface area contributed by atoms with Gasteiger partial charge in [-0.3, -0.25) is 14.2 Å². The zero-order valence-corrected chi connectivity index (χ0v) is 16.6. The monoisotopic (exact) mass is 399 g/mol. The third kappa shape index (κ3) is 3.11. The number of H-pyrrole nitrogens is 1. The largest absolute Gasteiger partial charge is 0.368 e. The Hall–Kier alpha value is -2.94. The molecule has 3 heterocycles. The van der Waals surface area contributed by atoms with Crippen LogP contribution in [0.4, 0.5) is 5.69 Å². The molecule has 0 atom stereocenters. The maximum Gasteiger partial charge on any atom is 0.328 e. The molecule has 1 aromatic carbocycles. The predicted molar refractivity (Wildman–Crippen MR) is 109 cm³/mol. The first kappa shape index (κ1) is 18.4. The first-order valence-electron chi connectivity index (χ1n) is 9.23. The number of carbonyl (C=O) groups excluding carboxylic acids is 1. The van der Waals surface area contributed by atoms with Crippen LogP contribution in [0, 0.1) is 6.92 Å². The van der Waals surface area contributed by atoms with Crippen LogP contribution < -0.4 is 16.1 Å². The number of amides is 1. The first-order valence-corrected chi connectivity index (χ1v) is 10.0. The highest BCUT2D eigenvalue weighted by atomic mass is 32.1. The van der Waals surface area contributed by atoms with E-state index in [-0.39, 0.29) is 23.5 Å². The molecule has 8 nitrogen and oxygen atoms in total.